The molecule has 184 valence electrons. The SMILES string of the molecule is O=C(O)Cc1ccc(-c2csc3c(-c4ccc(NC(=O)Nc5ccc(CO)cc5)cc4)ncnc23)cc1. The van der Waals surface area contributed by atoms with Crippen LogP contribution in [0.3, 0.4) is 0 Å². The maximum absolute atomic E-state index is 12.4. The lowest BCUT2D eigenvalue weighted by molar-refractivity contribution is -0.136. The topological polar surface area (TPSA) is 124 Å². The summed E-state index contributed by atoms with van der Waals surface area (Å²) in [5.74, 6) is -0.860. The molecule has 0 aliphatic carbocycles. The molecule has 0 fully saturated rings. The van der Waals surface area contributed by atoms with Gasteiger partial charge in [-0.3, -0.25) is 4.79 Å². The molecule has 0 saturated heterocycles. The van der Waals surface area contributed by atoms with E-state index in [1.807, 2.05) is 53.9 Å². The van der Waals surface area contributed by atoms with E-state index in [0.717, 1.165) is 43.7 Å². The molecule has 2 amide bonds. The summed E-state index contributed by atoms with van der Waals surface area (Å²) in [6.07, 6.45) is 1.52. The number of hydrogen-bond donors (Lipinski definition) is 4. The van der Waals surface area contributed by atoms with Crippen molar-refractivity contribution in [1.82, 2.24) is 9.97 Å². The summed E-state index contributed by atoms with van der Waals surface area (Å²) in [5, 5.41) is 25.7. The molecule has 8 nitrogen and oxygen atoms in total. The number of carboxylic acid groups (broad SMARTS) is 1. The number of hydrogen-bond acceptors (Lipinski definition) is 6. The van der Waals surface area contributed by atoms with Crippen molar-refractivity contribution in [3.05, 3.63) is 95.6 Å². The van der Waals surface area contributed by atoms with Crippen LogP contribution in [0.4, 0.5) is 16.2 Å². The fraction of sp³-hybridized carbons (Fsp3) is 0.0714. The zero-order valence-corrected chi connectivity index (χ0v) is 20.3. The van der Waals surface area contributed by atoms with E-state index < -0.39 is 5.97 Å². The molecule has 0 unspecified atom stereocenters. The van der Waals surface area contributed by atoms with E-state index in [0.29, 0.717) is 11.4 Å². The molecule has 2 aromatic heterocycles. The van der Waals surface area contributed by atoms with Gasteiger partial charge in [-0.05, 0) is 41.0 Å². The minimum atomic E-state index is -0.860. The summed E-state index contributed by atoms with van der Waals surface area (Å²) in [6.45, 7) is -0.0497. The van der Waals surface area contributed by atoms with E-state index in [2.05, 4.69) is 20.6 Å². The molecule has 2 heterocycles. The molecule has 3 aromatic carbocycles. The van der Waals surface area contributed by atoms with Crippen molar-refractivity contribution in [3.63, 3.8) is 0 Å². The van der Waals surface area contributed by atoms with Crippen LogP contribution in [0.15, 0.2) is 84.5 Å². The lowest BCUT2D eigenvalue weighted by Crippen LogP contribution is -2.19. The first kappa shape index (κ1) is 24.1. The number of fused-ring (bicyclic) bond motifs is 1. The number of carbonyl (C=O) groups is 2. The molecule has 0 aliphatic heterocycles. The Kier molecular flexibility index (Phi) is 6.89. The molecule has 0 saturated carbocycles. The van der Waals surface area contributed by atoms with Crippen LogP contribution in [0.2, 0.25) is 0 Å². The highest BCUT2D eigenvalue weighted by Gasteiger charge is 2.14. The minimum absolute atomic E-state index is 0.0127. The van der Waals surface area contributed by atoms with Crippen LogP contribution < -0.4 is 10.6 Å². The molecule has 0 aliphatic rings. The number of aliphatic carboxylic acids is 1. The van der Waals surface area contributed by atoms with Gasteiger partial charge in [0.05, 0.1) is 28.9 Å². The number of aliphatic hydroxyl groups is 1. The number of amides is 2. The summed E-state index contributed by atoms with van der Waals surface area (Å²) in [4.78, 5) is 32.3. The van der Waals surface area contributed by atoms with E-state index in [-0.39, 0.29) is 19.1 Å². The minimum Gasteiger partial charge on any atom is -0.481 e. The van der Waals surface area contributed by atoms with E-state index in [1.165, 1.54) is 6.33 Å². The van der Waals surface area contributed by atoms with Gasteiger partial charge in [-0.25, -0.2) is 14.8 Å². The van der Waals surface area contributed by atoms with Gasteiger partial charge in [-0.1, -0.05) is 48.5 Å². The Bertz CT molecular complexity index is 1560. The Morgan fingerprint density at radius 3 is 2.00 bits per heavy atom. The molecule has 0 spiro atoms. The third kappa shape index (κ3) is 5.48. The van der Waals surface area contributed by atoms with Gasteiger partial charge in [-0.15, -0.1) is 11.3 Å². The van der Waals surface area contributed by atoms with Crippen LogP contribution in [-0.2, 0) is 17.8 Å². The second-order valence-electron chi connectivity index (χ2n) is 8.33. The smallest absolute Gasteiger partial charge is 0.323 e. The summed E-state index contributed by atoms with van der Waals surface area (Å²) in [5.41, 5.74) is 7.21. The van der Waals surface area contributed by atoms with Crippen LogP contribution in [-0.4, -0.2) is 32.2 Å². The zero-order chi connectivity index (χ0) is 25.8. The second-order valence-corrected chi connectivity index (χ2v) is 9.21. The monoisotopic (exact) mass is 510 g/mol. The van der Waals surface area contributed by atoms with Crippen molar-refractivity contribution in [2.24, 2.45) is 0 Å². The third-order valence-corrected chi connectivity index (χ3v) is 6.76. The summed E-state index contributed by atoms with van der Waals surface area (Å²) in [7, 11) is 0. The number of nitrogens with one attached hydrogen (secondary N) is 2. The van der Waals surface area contributed by atoms with Gasteiger partial charge in [0.2, 0.25) is 0 Å². The molecular weight excluding hydrogens is 488 g/mol. The number of urea groups is 1. The lowest BCUT2D eigenvalue weighted by atomic mass is 10.0. The third-order valence-electron chi connectivity index (χ3n) is 5.78. The number of rotatable bonds is 7. The number of benzene rings is 3. The number of carbonyl (C=O) groups excluding carboxylic acids is 1. The van der Waals surface area contributed by atoms with Gasteiger partial charge in [-0.2, -0.15) is 0 Å². The fourth-order valence-electron chi connectivity index (χ4n) is 3.94. The van der Waals surface area contributed by atoms with Gasteiger partial charge in [0.15, 0.2) is 0 Å². The molecule has 9 heteroatoms. The number of nitrogens with zero attached hydrogens (tertiary/aromatic N) is 2. The van der Waals surface area contributed by atoms with Crippen molar-refractivity contribution < 1.29 is 19.8 Å². The van der Waals surface area contributed by atoms with Crippen LogP contribution in [0.5, 0.6) is 0 Å². The molecule has 0 atom stereocenters. The predicted octanol–water partition coefficient (Wildman–Crippen LogP) is 5.79. The lowest BCUT2D eigenvalue weighted by Gasteiger charge is -2.09. The Morgan fingerprint density at radius 1 is 0.784 bits per heavy atom. The molecule has 37 heavy (non-hydrogen) atoms. The molecule has 5 aromatic rings. The van der Waals surface area contributed by atoms with E-state index in [4.69, 9.17) is 10.2 Å². The largest absolute Gasteiger partial charge is 0.481 e. The molecule has 0 radical (unpaired) electrons. The second kappa shape index (κ2) is 10.6. The number of carboxylic acids is 1. The highest BCUT2D eigenvalue weighted by molar-refractivity contribution is 7.18. The van der Waals surface area contributed by atoms with Gasteiger partial charge >= 0.3 is 12.0 Å². The Hall–Kier alpha value is -4.60. The van der Waals surface area contributed by atoms with Crippen molar-refractivity contribution in [2.75, 3.05) is 10.6 Å². The number of aromatic nitrogens is 2. The molecule has 4 N–H and O–H groups in total. The normalized spacial score (nSPS) is 10.8. The van der Waals surface area contributed by atoms with Crippen LogP contribution >= 0.6 is 11.3 Å². The Balaban J connectivity index is 1.32. The molecule has 5 rings (SSSR count). The molecular formula is C28H22N4O4S. The highest BCUT2D eigenvalue weighted by Crippen LogP contribution is 2.37. The maximum atomic E-state index is 12.4. The van der Waals surface area contributed by atoms with Crippen LogP contribution in [0.1, 0.15) is 11.1 Å². The maximum Gasteiger partial charge on any atom is 0.323 e. The molecule has 0 bridgehead atoms. The van der Waals surface area contributed by atoms with E-state index in [9.17, 15) is 9.59 Å². The number of aliphatic hydroxyl groups excluding tert-OH is 1. The van der Waals surface area contributed by atoms with Gasteiger partial charge in [0, 0.05) is 27.9 Å². The summed E-state index contributed by atoms with van der Waals surface area (Å²) in [6, 6.07) is 21.5. The Morgan fingerprint density at radius 2 is 1.38 bits per heavy atom. The first-order valence-electron chi connectivity index (χ1n) is 11.4. The summed E-state index contributed by atoms with van der Waals surface area (Å²) < 4.78 is 0.942. The van der Waals surface area contributed by atoms with Crippen molar-refractivity contribution >= 4 is 44.9 Å². The first-order chi connectivity index (χ1) is 18.0. The predicted molar refractivity (Wildman–Crippen MR) is 145 cm³/mol. The first-order valence-corrected chi connectivity index (χ1v) is 12.3. The Labute approximate surface area is 216 Å². The average Bonchev–Trinajstić information content (AvgIpc) is 3.34. The fourth-order valence-corrected chi connectivity index (χ4v) is 4.98. The standard InChI is InChI=1S/C28H22N4O4S/c33-14-18-3-9-21(10-4-18)31-28(36)32-22-11-7-20(8-12-22)25-27-26(30-16-29-25)23(15-37-27)19-5-1-17(2-6-19)13-24(34)35/h1-12,15-16,33H,13-14H2,(H,34,35)(H2,31,32,36). The van der Waals surface area contributed by atoms with E-state index in [1.54, 1.807) is 35.6 Å². The average molecular weight is 511 g/mol. The van der Waals surface area contributed by atoms with Crippen molar-refractivity contribution in [3.8, 4) is 22.4 Å². The van der Waals surface area contributed by atoms with Crippen molar-refractivity contribution in [1.29, 1.82) is 0 Å². The summed E-state index contributed by atoms with van der Waals surface area (Å²) >= 11 is 1.55. The number of thiophene rings is 1. The van der Waals surface area contributed by atoms with Crippen molar-refractivity contribution in [2.45, 2.75) is 13.0 Å². The van der Waals surface area contributed by atoms with E-state index >= 15 is 0 Å². The van der Waals surface area contributed by atoms with Gasteiger partial charge in [0.1, 0.15) is 6.33 Å². The van der Waals surface area contributed by atoms with Gasteiger partial charge in [0.25, 0.3) is 0 Å². The number of anilines is 2. The quantitative estimate of drug-likeness (QED) is 0.220. The zero-order valence-electron chi connectivity index (χ0n) is 19.5. The van der Waals surface area contributed by atoms with Gasteiger partial charge < -0.3 is 20.8 Å². The van der Waals surface area contributed by atoms with Crippen LogP contribution in [0, 0.1) is 0 Å². The van der Waals surface area contributed by atoms with Crippen LogP contribution in [0.25, 0.3) is 32.6 Å². The highest BCUT2D eigenvalue weighted by atomic mass is 32.1.